The lowest BCUT2D eigenvalue weighted by Crippen LogP contribution is -2.32. The topological polar surface area (TPSA) is 69.7 Å². The summed E-state index contributed by atoms with van der Waals surface area (Å²) in [6, 6.07) is 22.1. The van der Waals surface area contributed by atoms with Crippen molar-refractivity contribution in [2.24, 2.45) is 0 Å². The molecule has 8 heteroatoms. The van der Waals surface area contributed by atoms with Gasteiger partial charge in [-0.25, -0.2) is 8.42 Å². The highest BCUT2D eigenvalue weighted by molar-refractivity contribution is 7.99. The van der Waals surface area contributed by atoms with Crippen LogP contribution in [0.15, 0.2) is 77.7 Å². The molecule has 34 heavy (non-hydrogen) atoms. The van der Waals surface area contributed by atoms with Crippen molar-refractivity contribution in [3.8, 4) is 0 Å². The minimum absolute atomic E-state index is 0.126. The average Bonchev–Trinajstić information content (AvgIpc) is 3.33. The van der Waals surface area contributed by atoms with E-state index in [1.165, 1.54) is 16.1 Å². The molecule has 0 aliphatic carbocycles. The van der Waals surface area contributed by atoms with Crippen LogP contribution < -0.4 is 14.5 Å². The molecule has 176 valence electrons. The Morgan fingerprint density at radius 3 is 2.47 bits per heavy atom. The highest BCUT2D eigenvalue weighted by Crippen LogP contribution is 2.32. The molecule has 0 spiro atoms. The summed E-state index contributed by atoms with van der Waals surface area (Å²) in [5.41, 5.74) is 4.27. The van der Waals surface area contributed by atoms with E-state index in [1.807, 2.05) is 48.2 Å². The van der Waals surface area contributed by atoms with E-state index in [0.29, 0.717) is 30.8 Å². The van der Waals surface area contributed by atoms with Gasteiger partial charge in [-0.05, 0) is 53.9 Å². The third kappa shape index (κ3) is 4.65. The van der Waals surface area contributed by atoms with Gasteiger partial charge in [-0.15, -0.1) is 0 Å². The third-order valence-corrected chi connectivity index (χ3v) is 9.05. The maximum Gasteiger partial charge on any atom is 0.264 e. The number of carbonyl (C=O) groups excluding carboxylic acids is 1. The predicted octanol–water partition coefficient (Wildman–Crippen LogP) is 3.92. The molecule has 2 aliphatic rings. The fourth-order valence-electron chi connectivity index (χ4n) is 4.41. The van der Waals surface area contributed by atoms with Gasteiger partial charge in [0, 0.05) is 48.9 Å². The van der Waals surface area contributed by atoms with Gasteiger partial charge in [0.25, 0.3) is 15.9 Å². The monoisotopic (exact) mass is 493 g/mol. The molecule has 3 aromatic rings. The number of anilines is 2. The van der Waals surface area contributed by atoms with E-state index in [1.54, 1.807) is 18.2 Å². The lowest BCUT2D eigenvalue weighted by atomic mass is 10.1. The number of hydrogen-bond acceptors (Lipinski definition) is 5. The molecule has 0 aromatic heterocycles. The summed E-state index contributed by atoms with van der Waals surface area (Å²) in [6.07, 6.45) is 0.686. The van der Waals surface area contributed by atoms with E-state index in [-0.39, 0.29) is 10.8 Å². The summed E-state index contributed by atoms with van der Waals surface area (Å²) in [5, 5.41) is 2.91. The van der Waals surface area contributed by atoms with Crippen LogP contribution in [0.1, 0.15) is 21.5 Å². The van der Waals surface area contributed by atoms with Gasteiger partial charge in [0.15, 0.2) is 0 Å². The van der Waals surface area contributed by atoms with E-state index in [2.05, 4.69) is 22.3 Å². The van der Waals surface area contributed by atoms with Crippen LogP contribution in [0.25, 0.3) is 0 Å². The Balaban J connectivity index is 1.26. The first-order valence-electron chi connectivity index (χ1n) is 11.4. The molecule has 1 amide bonds. The number of fused-ring (bicyclic) bond motifs is 1. The molecule has 0 radical (unpaired) electrons. The van der Waals surface area contributed by atoms with E-state index in [9.17, 15) is 13.2 Å². The van der Waals surface area contributed by atoms with Crippen LogP contribution in [-0.4, -0.2) is 45.5 Å². The van der Waals surface area contributed by atoms with Gasteiger partial charge in [-0.3, -0.25) is 9.10 Å². The Hall–Kier alpha value is -2.97. The van der Waals surface area contributed by atoms with Crippen molar-refractivity contribution in [2.45, 2.75) is 17.9 Å². The second-order valence-corrected chi connectivity index (χ2v) is 11.5. The smallest absolute Gasteiger partial charge is 0.264 e. The van der Waals surface area contributed by atoms with Gasteiger partial charge >= 0.3 is 0 Å². The molecule has 0 bridgehead atoms. The lowest BCUT2D eigenvalue weighted by Gasteiger charge is -2.28. The molecule has 3 aromatic carbocycles. The van der Waals surface area contributed by atoms with Crippen LogP contribution in [0.3, 0.4) is 0 Å². The van der Waals surface area contributed by atoms with Crippen molar-refractivity contribution in [1.82, 2.24) is 5.32 Å². The van der Waals surface area contributed by atoms with Crippen molar-refractivity contribution < 1.29 is 13.2 Å². The fourth-order valence-corrected chi connectivity index (χ4v) is 6.87. The zero-order valence-corrected chi connectivity index (χ0v) is 20.4. The van der Waals surface area contributed by atoms with Crippen LogP contribution in [0.4, 0.5) is 11.4 Å². The number of hydrogen-bond donors (Lipinski definition) is 1. The molecule has 1 N–H and O–H groups in total. The van der Waals surface area contributed by atoms with Crippen LogP contribution in [0.5, 0.6) is 0 Å². The van der Waals surface area contributed by atoms with E-state index >= 15 is 0 Å². The quantitative estimate of drug-likeness (QED) is 0.564. The normalized spacial score (nSPS) is 15.8. The summed E-state index contributed by atoms with van der Waals surface area (Å²) in [6.45, 7) is 2.90. The largest absolute Gasteiger partial charge is 0.370 e. The van der Waals surface area contributed by atoms with Crippen molar-refractivity contribution in [1.29, 1.82) is 0 Å². The van der Waals surface area contributed by atoms with E-state index in [4.69, 9.17) is 0 Å². The van der Waals surface area contributed by atoms with Gasteiger partial charge in [-0.2, -0.15) is 11.8 Å². The van der Waals surface area contributed by atoms with Crippen LogP contribution in [0.2, 0.25) is 0 Å². The summed E-state index contributed by atoms with van der Waals surface area (Å²) < 4.78 is 28.0. The molecule has 1 saturated heterocycles. The molecule has 6 nitrogen and oxygen atoms in total. The zero-order valence-electron chi connectivity index (χ0n) is 18.8. The number of thioether (sulfide) groups is 1. The molecule has 2 aliphatic heterocycles. The standard InChI is InChI=1S/C26H27N3O3S2/c30-26(27-19-20-8-10-23(11-9-20)28-14-16-33-17-15-28)22-5-3-6-24(18-22)34(31,32)29-13-12-21-4-1-2-7-25(21)29/h1-11,18H,12-17,19H2,(H,27,30). The van der Waals surface area contributed by atoms with Gasteiger partial charge in [0.1, 0.15) is 0 Å². The van der Waals surface area contributed by atoms with Crippen molar-refractivity contribution in [3.63, 3.8) is 0 Å². The molecular weight excluding hydrogens is 466 g/mol. The Morgan fingerprint density at radius 1 is 0.912 bits per heavy atom. The minimum atomic E-state index is -3.74. The SMILES string of the molecule is O=C(NCc1ccc(N2CCSCC2)cc1)c1cccc(S(=O)(=O)N2CCc3ccccc32)c1. The minimum Gasteiger partial charge on any atom is -0.370 e. The summed E-state index contributed by atoms with van der Waals surface area (Å²) in [7, 11) is -3.74. The van der Waals surface area contributed by atoms with Crippen LogP contribution in [0, 0.1) is 0 Å². The number of carbonyl (C=O) groups is 1. The summed E-state index contributed by atoms with van der Waals surface area (Å²) in [5.74, 6) is 2.00. The van der Waals surface area contributed by atoms with Gasteiger partial charge in [0.2, 0.25) is 0 Å². The number of rotatable bonds is 6. The molecule has 0 atom stereocenters. The first-order valence-corrected chi connectivity index (χ1v) is 14.0. The van der Waals surface area contributed by atoms with Crippen molar-refractivity contribution >= 4 is 39.1 Å². The second-order valence-electron chi connectivity index (χ2n) is 8.43. The summed E-state index contributed by atoms with van der Waals surface area (Å²) >= 11 is 1.98. The average molecular weight is 494 g/mol. The predicted molar refractivity (Wildman–Crippen MR) is 138 cm³/mol. The molecule has 2 heterocycles. The van der Waals surface area contributed by atoms with Crippen LogP contribution >= 0.6 is 11.8 Å². The Morgan fingerprint density at radius 2 is 1.68 bits per heavy atom. The molecule has 0 saturated carbocycles. The molecule has 1 fully saturated rings. The molecule has 5 rings (SSSR count). The molecular formula is C26H27N3O3S2. The van der Waals surface area contributed by atoms with Gasteiger partial charge in [0.05, 0.1) is 10.6 Å². The zero-order chi connectivity index (χ0) is 23.5. The Bertz CT molecular complexity index is 1290. The van der Waals surface area contributed by atoms with Gasteiger partial charge < -0.3 is 10.2 Å². The lowest BCUT2D eigenvalue weighted by molar-refractivity contribution is 0.0950. The number of para-hydroxylation sites is 1. The maximum absolute atomic E-state index is 13.3. The second kappa shape index (κ2) is 9.72. The maximum atomic E-state index is 13.3. The Labute approximate surface area is 205 Å². The summed E-state index contributed by atoms with van der Waals surface area (Å²) in [4.78, 5) is 15.3. The van der Waals surface area contributed by atoms with Crippen LogP contribution in [-0.2, 0) is 23.0 Å². The number of benzene rings is 3. The van der Waals surface area contributed by atoms with Gasteiger partial charge in [-0.1, -0.05) is 36.4 Å². The van der Waals surface area contributed by atoms with Crippen molar-refractivity contribution in [2.75, 3.05) is 40.3 Å². The van der Waals surface area contributed by atoms with E-state index in [0.717, 1.165) is 35.7 Å². The third-order valence-electron chi connectivity index (χ3n) is 6.29. The fraction of sp³-hybridized carbons (Fsp3) is 0.269. The van der Waals surface area contributed by atoms with Crippen molar-refractivity contribution in [3.05, 3.63) is 89.5 Å². The highest BCUT2D eigenvalue weighted by Gasteiger charge is 2.30. The number of nitrogens with one attached hydrogen (secondary N) is 1. The highest BCUT2D eigenvalue weighted by atomic mass is 32.2. The number of nitrogens with zero attached hydrogens (tertiary/aromatic N) is 2. The first-order chi connectivity index (χ1) is 16.5. The Kier molecular flexibility index (Phi) is 6.52. The molecule has 0 unspecified atom stereocenters. The number of amides is 1. The van der Waals surface area contributed by atoms with E-state index < -0.39 is 10.0 Å². The first kappa shape index (κ1) is 22.8. The number of sulfonamides is 1.